The van der Waals surface area contributed by atoms with E-state index in [1.54, 1.807) is 18.2 Å². The van der Waals surface area contributed by atoms with Crippen LogP contribution in [0.4, 0.5) is 10.5 Å². The zero-order valence-corrected chi connectivity index (χ0v) is 16.5. The van der Waals surface area contributed by atoms with E-state index in [9.17, 15) is 19.2 Å². The number of hydrogen-bond acceptors (Lipinski definition) is 8. The predicted octanol–water partition coefficient (Wildman–Crippen LogP) is -0.174. The van der Waals surface area contributed by atoms with Crippen molar-refractivity contribution < 1.29 is 38.1 Å². The standard InChI is InChI=1S/C19H23N3O8/c1-27-5-4-20-19(26)21-16(23)11-30-18(25)12-8-17(24)22(10-12)13-2-3-14-15(9-13)29-7-6-28-14/h2-3,9,12H,4-8,10-11H2,1H3,(H2,20,21,23,26)/t12-/m1/s1. The van der Waals surface area contributed by atoms with Crippen molar-refractivity contribution in [3.8, 4) is 11.5 Å². The molecule has 0 spiro atoms. The average Bonchev–Trinajstić information content (AvgIpc) is 3.13. The van der Waals surface area contributed by atoms with Crippen LogP contribution in [0.15, 0.2) is 18.2 Å². The lowest BCUT2D eigenvalue weighted by molar-refractivity contribution is -0.152. The first-order chi connectivity index (χ1) is 14.5. The number of hydrogen-bond donors (Lipinski definition) is 2. The molecule has 2 aliphatic rings. The Hall–Kier alpha value is -3.34. The van der Waals surface area contributed by atoms with Crippen molar-refractivity contribution >= 4 is 29.5 Å². The number of benzene rings is 1. The van der Waals surface area contributed by atoms with Gasteiger partial charge in [-0.1, -0.05) is 0 Å². The van der Waals surface area contributed by atoms with Crippen LogP contribution in [0.5, 0.6) is 11.5 Å². The second kappa shape index (κ2) is 9.92. The third-order valence-corrected chi connectivity index (χ3v) is 4.49. The lowest BCUT2D eigenvalue weighted by Gasteiger charge is -2.22. The van der Waals surface area contributed by atoms with Crippen molar-refractivity contribution in [1.29, 1.82) is 0 Å². The van der Waals surface area contributed by atoms with E-state index < -0.39 is 30.4 Å². The van der Waals surface area contributed by atoms with E-state index >= 15 is 0 Å². The molecule has 1 fully saturated rings. The van der Waals surface area contributed by atoms with Gasteiger partial charge in [-0.3, -0.25) is 19.7 Å². The molecule has 1 aromatic carbocycles. The lowest BCUT2D eigenvalue weighted by Crippen LogP contribution is -2.42. The molecule has 0 aliphatic carbocycles. The highest BCUT2D eigenvalue weighted by Crippen LogP contribution is 2.36. The monoisotopic (exact) mass is 421 g/mol. The van der Waals surface area contributed by atoms with Crippen LogP contribution >= 0.6 is 0 Å². The number of ether oxygens (including phenoxy) is 4. The molecule has 2 N–H and O–H groups in total. The Balaban J connectivity index is 1.48. The second-order valence-electron chi connectivity index (χ2n) is 6.64. The summed E-state index contributed by atoms with van der Waals surface area (Å²) < 4.78 is 20.7. The molecule has 11 nitrogen and oxygen atoms in total. The second-order valence-corrected chi connectivity index (χ2v) is 6.64. The molecule has 0 unspecified atom stereocenters. The SMILES string of the molecule is COCCNC(=O)NC(=O)COC(=O)[C@@H]1CC(=O)N(c2ccc3c(c2)OCCO3)C1. The predicted molar refractivity (Wildman–Crippen MR) is 102 cm³/mol. The van der Waals surface area contributed by atoms with E-state index in [0.29, 0.717) is 37.0 Å². The number of carbonyl (C=O) groups excluding carboxylic acids is 4. The number of esters is 1. The summed E-state index contributed by atoms with van der Waals surface area (Å²) in [5.74, 6) is -1.27. The quantitative estimate of drug-likeness (QED) is 0.458. The molecular weight excluding hydrogens is 398 g/mol. The van der Waals surface area contributed by atoms with Gasteiger partial charge in [-0.15, -0.1) is 0 Å². The number of imide groups is 1. The summed E-state index contributed by atoms with van der Waals surface area (Å²) in [6.45, 7) is 0.917. The Morgan fingerprint density at radius 1 is 1.20 bits per heavy atom. The first kappa shape index (κ1) is 21.4. The van der Waals surface area contributed by atoms with E-state index in [4.69, 9.17) is 18.9 Å². The van der Waals surface area contributed by atoms with E-state index in [1.165, 1.54) is 12.0 Å². The minimum absolute atomic E-state index is 0.0353. The lowest BCUT2D eigenvalue weighted by atomic mass is 10.1. The van der Waals surface area contributed by atoms with Crippen molar-refractivity contribution in [3.05, 3.63) is 18.2 Å². The van der Waals surface area contributed by atoms with Crippen LogP contribution < -0.4 is 25.0 Å². The van der Waals surface area contributed by atoms with Crippen LogP contribution in [0.3, 0.4) is 0 Å². The van der Waals surface area contributed by atoms with Gasteiger partial charge in [-0.25, -0.2) is 4.79 Å². The highest BCUT2D eigenvalue weighted by atomic mass is 16.6. The van der Waals surface area contributed by atoms with Crippen LogP contribution in [0, 0.1) is 5.92 Å². The van der Waals surface area contributed by atoms with E-state index in [2.05, 4.69) is 5.32 Å². The van der Waals surface area contributed by atoms with E-state index in [0.717, 1.165) is 0 Å². The number of nitrogens with one attached hydrogen (secondary N) is 2. The highest BCUT2D eigenvalue weighted by Gasteiger charge is 2.36. The van der Waals surface area contributed by atoms with Crippen LogP contribution in [0.2, 0.25) is 0 Å². The summed E-state index contributed by atoms with van der Waals surface area (Å²) in [7, 11) is 1.48. The summed E-state index contributed by atoms with van der Waals surface area (Å²) in [6, 6.07) is 4.41. The molecule has 4 amide bonds. The third kappa shape index (κ3) is 5.38. The number of nitrogens with zero attached hydrogens (tertiary/aromatic N) is 1. The molecule has 30 heavy (non-hydrogen) atoms. The molecule has 0 saturated carbocycles. The van der Waals surface area contributed by atoms with Crippen molar-refractivity contribution in [2.75, 3.05) is 51.5 Å². The molecule has 2 heterocycles. The first-order valence-electron chi connectivity index (χ1n) is 9.41. The summed E-state index contributed by atoms with van der Waals surface area (Å²) in [5.41, 5.74) is 0.588. The molecular formula is C19H23N3O8. The molecule has 0 bridgehead atoms. The van der Waals surface area contributed by atoms with Crippen molar-refractivity contribution in [1.82, 2.24) is 10.6 Å². The molecule has 2 aliphatic heterocycles. The van der Waals surface area contributed by atoms with Crippen LogP contribution in [0.1, 0.15) is 6.42 Å². The molecule has 1 saturated heterocycles. The summed E-state index contributed by atoms with van der Waals surface area (Å²) in [6.07, 6.45) is -0.0353. The van der Waals surface area contributed by atoms with Crippen molar-refractivity contribution in [3.63, 3.8) is 0 Å². The normalized spacial score (nSPS) is 17.4. The number of methoxy groups -OCH3 is 1. The van der Waals surface area contributed by atoms with Gasteiger partial charge in [0.2, 0.25) is 5.91 Å². The van der Waals surface area contributed by atoms with Gasteiger partial charge >= 0.3 is 12.0 Å². The average molecular weight is 421 g/mol. The number of rotatable bonds is 7. The van der Waals surface area contributed by atoms with Crippen LogP contribution in [-0.4, -0.2) is 70.4 Å². The Morgan fingerprint density at radius 3 is 2.73 bits per heavy atom. The summed E-state index contributed by atoms with van der Waals surface area (Å²) in [4.78, 5) is 49.3. The number of fused-ring (bicyclic) bond motifs is 1. The molecule has 162 valence electrons. The molecule has 0 aromatic heterocycles. The third-order valence-electron chi connectivity index (χ3n) is 4.49. The maximum Gasteiger partial charge on any atom is 0.321 e. The number of anilines is 1. The Labute approximate surface area is 172 Å². The van der Waals surface area contributed by atoms with E-state index in [1.807, 2.05) is 5.32 Å². The summed E-state index contributed by atoms with van der Waals surface area (Å²) in [5, 5.41) is 4.43. The minimum atomic E-state index is -0.772. The number of amides is 4. The Morgan fingerprint density at radius 2 is 1.97 bits per heavy atom. The van der Waals surface area contributed by atoms with Gasteiger partial charge in [-0.05, 0) is 12.1 Å². The van der Waals surface area contributed by atoms with Gasteiger partial charge in [0.05, 0.1) is 12.5 Å². The zero-order chi connectivity index (χ0) is 21.5. The fraction of sp³-hybridized carbons (Fsp3) is 0.474. The van der Waals surface area contributed by atoms with Crippen LogP contribution in [-0.2, 0) is 23.9 Å². The Bertz CT molecular complexity index is 828. The zero-order valence-electron chi connectivity index (χ0n) is 16.5. The molecule has 1 atom stereocenters. The van der Waals surface area contributed by atoms with Gasteiger partial charge < -0.3 is 29.2 Å². The van der Waals surface area contributed by atoms with Gasteiger partial charge in [-0.2, -0.15) is 0 Å². The molecule has 3 rings (SSSR count). The largest absolute Gasteiger partial charge is 0.486 e. The Kier molecular flexibility index (Phi) is 7.07. The smallest absolute Gasteiger partial charge is 0.321 e. The van der Waals surface area contributed by atoms with Crippen molar-refractivity contribution in [2.24, 2.45) is 5.92 Å². The maximum absolute atomic E-state index is 12.4. The van der Waals surface area contributed by atoms with Gasteiger partial charge in [0.1, 0.15) is 13.2 Å². The van der Waals surface area contributed by atoms with Gasteiger partial charge in [0, 0.05) is 38.4 Å². The highest BCUT2D eigenvalue weighted by molar-refractivity contribution is 6.00. The number of carbonyl (C=O) groups is 4. The maximum atomic E-state index is 12.4. The summed E-state index contributed by atoms with van der Waals surface area (Å²) >= 11 is 0. The first-order valence-corrected chi connectivity index (χ1v) is 9.41. The fourth-order valence-corrected chi connectivity index (χ4v) is 3.04. The number of urea groups is 1. The molecule has 11 heteroatoms. The van der Waals surface area contributed by atoms with Crippen LogP contribution in [0.25, 0.3) is 0 Å². The fourth-order valence-electron chi connectivity index (χ4n) is 3.04. The van der Waals surface area contributed by atoms with Crippen molar-refractivity contribution in [2.45, 2.75) is 6.42 Å². The molecule has 0 radical (unpaired) electrons. The van der Waals surface area contributed by atoms with Gasteiger partial charge in [0.25, 0.3) is 5.91 Å². The minimum Gasteiger partial charge on any atom is -0.486 e. The topological polar surface area (TPSA) is 132 Å². The van der Waals surface area contributed by atoms with Gasteiger partial charge in [0.15, 0.2) is 18.1 Å². The van der Waals surface area contributed by atoms with E-state index in [-0.39, 0.29) is 25.4 Å². The molecule has 1 aromatic rings.